The van der Waals surface area contributed by atoms with Gasteiger partial charge in [0.05, 0.1) is 5.60 Å². The van der Waals surface area contributed by atoms with Gasteiger partial charge in [0.2, 0.25) is 5.76 Å². The summed E-state index contributed by atoms with van der Waals surface area (Å²) in [4.78, 5) is 13.9. The monoisotopic (exact) mass is 322 g/mol. The average molecular weight is 323 g/mol. The number of carbonyl (C=O) groups is 1. The standard InChI is InChI=1S/C16H19ClN2O3/c1-4-19(10-16(2,3)21)15(20)14-9-13(18-22-14)11-6-5-7-12(17)8-11/h5-9,21H,4,10H2,1-3H3. The van der Waals surface area contributed by atoms with Crippen LogP contribution in [0.3, 0.4) is 0 Å². The summed E-state index contributed by atoms with van der Waals surface area (Å²) >= 11 is 5.95. The highest BCUT2D eigenvalue weighted by molar-refractivity contribution is 6.30. The molecule has 1 amide bonds. The first-order valence-corrected chi connectivity index (χ1v) is 7.42. The van der Waals surface area contributed by atoms with Crippen LogP contribution < -0.4 is 0 Å². The largest absolute Gasteiger partial charge is 0.389 e. The van der Waals surface area contributed by atoms with Crippen molar-refractivity contribution < 1.29 is 14.4 Å². The van der Waals surface area contributed by atoms with Gasteiger partial charge >= 0.3 is 0 Å². The highest BCUT2D eigenvalue weighted by Gasteiger charge is 2.25. The number of aromatic nitrogens is 1. The lowest BCUT2D eigenvalue weighted by Gasteiger charge is -2.27. The van der Waals surface area contributed by atoms with Crippen LogP contribution in [0.15, 0.2) is 34.9 Å². The molecule has 22 heavy (non-hydrogen) atoms. The quantitative estimate of drug-likeness (QED) is 0.917. The van der Waals surface area contributed by atoms with Gasteiger partial charge in [0.25, 0.3) is 5.91 Å². The number of aliphatic hydroxyl groups is 1. The molecular formula is C16H19ClN2O3. The molecule has 1 N–H and O–H groups in total. The minimum absolute atomic E-state index is 0.140. The lowest BCUT2D eigenvalue weighted by atomic mass is 10.1. The van der Waals surface area contributed by atoms with Crippen LogP contribution in [0.25, 0.3) is 11.3 Å². The molecule has 5 nitrogen and oxygen atoms in total. The van der Waals surface area contributed by atoms with Gasteiger partial charge in [-0.15, -0.1) is 0 Å². The summed E-state index contributed by atoms with van der Waals surface area (Å²) in [5.41, 5.74) is 0.354. The molecule has 0 aliphatic carbocycles. The van der Waals surface area contributed by atoms with Crippen LogP contribution in [0.2, 0.25) is 5.02 Å². The molecule has 0 saturated carbocycles. The summed E-state index contributed by atoms with van der Waals surface area (Å²) in [5, 5.41) is 14.4. The number of amides is 1. The predicted octanol–water partition coefficient (Wildman–Crippen LogP) is 3.23. The van der Waals surface area contributed by atoms with Crippen LogP contribution in [-0.2, 0) is 0 Å². The zero-order chi connectivity index (χ0) is 16.3. The summed E-state index contributed by atoms with van der Waals surface area (Å²) in [6, 6.07) is 8.75. The van der Waals surface area contributed by atoms with E-state index in [-0.39, 0.29) is 18.2 Å². The number of halogens is 1. The van der Waals surface area contributed by atoms with E-state index >= 15 is 0 Å². The third-order valence-electron chi connectivity index (χ3n) is 3.09. The van der Waals surface area contributed by atoms with Crippen LogP contribution in [0.4, 0.5) is 0 Å². The normalized spacial score (nSPS) is 11.5. The fraction of sp³-hybridized carbons (Fsp3) is 0.375. The second kappa shape index (κ2) is 6.50. The van der Waals surface area contributed by atoms with Crippen molar-refractivity contribution in [3.05, 3.63) is 41.1 Å². The van der Waals surface area contributed by atoms with Gasteiger partial charge in [0, 0.05) is 29.7 Å². The Kier molecular flexibility index (Phi) is 4.88. The molecule has 1 aromatic heterocycles. The van der Waals surface area contributed by atoms with Gasteiger partial charge < -0.3 is 14.5 Å². The first kappa shape index (κ1) is 16.5. The minimum atomic E-state index is -0.971. The maximum atomic E-state index is 12.4. The molecule has 1 aromatic carbocycles. The van der Waals surface area contributed by atoms with E-state index in [1.807, 2.05) is 13.0 Å². The van der Waals surface area contributed by atoms with E-state index in [4.69, 9.17) is 16.1 Å². The molecule has 0 atom stereocenters. The molecule has 0 saturated heterocycles. The van der Waals surface area contributed by atoms with Crippen LogP contribution >= 0.6 is 11.6 Å². The molecule has 2 aromatic rings. The molecule has 0 fully saturated rings. The molecule has 0 spiro atoms. The molecular weight excluding hydrogens is 304 g/mol. The van der Waals surface area contributed by atoms with Crippen LogP contribution in [0.1, 0.15) is 31.3 Å². The lowest BCUT2D eigenvalue weighted by Crippen LogP contribution is -2.42. The number of nitrogens with zero attached hydrogens (tertiary/aromatic N) is 2. The number of benzene rings is 1. The molecule has 2 rings (SSSR count). The second-order valence-corrected chi connectivity index (χ2v) is 6.15. The summed E-state index contributed by atoms with van der Waals surface area (Å²) < 4.78 is 5.15. The van der Waals surface area contributed by atoms with Crippen LogP contribution in [0, 0.1) is 0 Å². The van der Waals surface area contributed by atoms with E-state index in [2.05, 4.69) is 5.16 Å². The SMILES string of the molecule is CCN(CC(C)(C)O)C(=O)c1cc(-c2cccc(Cl)c2)no1. The number of carbonyl (C=O) groups excluding carboxylic acids is 1. The Labute approximate surface area is 134 Å². The smallest absolute Gasteiger partial charge is 0.292 e. The Balaban J connectivity index is 2.21. The van der Waals surface area contributed by atoms with E-state index in [0.29, 0.717) is 17.3 Å². The van der Waals surface area contributed by atoms with Crippen molar-refractivity contribution in [3.8, 4) is 11.3 Å². The van der Waals surface area contributed by atoms with Crippen molar-refractivity contribution in [2.75, 3.05) is 13.1 Å². The van der Waals surface area contributed by atoms with Gasteiger partial charge in [-0.2, -0.15) is 0 Å². The number of hydrogen-bond acceptors (Lipinski definition) is 4. The Hall–Kier alpha value is -1.85. The number of likely N-dealkylation sites (N-methyl/N-ethyl adjacent to an activating group) is 1. The minimum Gasteiger partial charge on any atom is -0.389 e. The topological polar surface area (TPSA) is 66.6 Å². The predicted molar refractivity (Wildman–Crippen MR) is 84.8 cm³/mol. The first-order chi connectivity index (χ1) is 10.3. The lowest BCUT2D eigenvalue weighted by molar-refractivity contribution is 0.0294. The third kappa shape index (κ3) is 4.08. The van der Waals surface area contributed by atoms with Crippen LogP contribution in [-0.4, -0.2) is 39.8 Å². The Bertz CT molecular complexity index is 661. The van der Waals surface area contributed by atoms with E-state index in [1.54, 1.807) is 38.1 Å². The van der Waals surface area contributed by atoms with Gasteiger partial charge in [-0.05, 0) is 32.9 Å². The Morgan fingerprint density at radius 2 is 2.14 bits per heavy atom. The molecule has 6 heteroatoms. The number of hydrogen-bond donors (Lipinski definition) is 1. The second-order valence-electron chi connectivity index (χ2n) is 5.72. The van der Waals surface area contributed by atoms with Crippen molar-refractivity contribution in [1.82, 2.24) is 10.1 Å². The highest BCUT2D eigenvalue weighted by atomic mass is 35.5. The van der Waals surface area contributed by atoms with Crippen molar-refractivity contribution in [1.29, 1.82) is 0 Å². The van der Waals surface area contributed by atoms with Crippen molar-refractivity contribution in [3.63, 3.8) is 0 Å². The van der Waals surface area contributed by atoms with Gasteiger partial charge in [0.15, 0.2) is 0 Å². The van der Waals surface area contributed by atoms with E-state index in [9.17, 15) is 9.90 Å². The van der Waals surface area contributed by atoms with Crippen LogP contribution in [0.5, 0.6) is 0 Å². The zero-order valence-corrected chi connectivity index (χ0v) is 13.6. The molecule has 0 radical (unpaired) electrons. The zero-order valence-electron chi connectivity index (χ0n) is 12.8. The molecule has 0 unspecified atom stereocenters. The maximum absolute atomic E-state index is 12.4. The van der Waals surface area contributed by atoms with Gasteiger partial charge in [-0.3, -0.25) is 4.79 Å². The van der Waals surface area contributed by atoms with E-state index in [1.165, 1.54) is 4.90 Å². The molecule has 0 aliphatic heterocycles. The van der Waals surface area contributed by atoms with Crippen molar-refractivity contribution in [2.24, 2.45) is 0 Å². The molecule has 0 aliphatic rings. The molecule has 1 heterocycles. The van der Waals surface area contributed by atoms with Crippen molar-refractivity contribution >= 4 is 17.5 Å². The maximum Gasteiger partial charge on any atom is 0.292 e. The Morgan fingerprint density at radius 3 is 2.73 bits per heavy atom. The average Bonchev–Trinajstić information content (AvgIpc) is 2.93. The fourth-order valence-electron chi connectivity index (χ4n) is 2.11. The van der Waals surface area contributed by atoms with E-state index < -0.39 is 5.60 Å². The van der Waals surface area contributed by atoms with Crippen molar-refractivity contribution in [2.45, 2.75) is 26.4 Å². The summed E-state index contributed by atoms with van der Waals surface area (Å²) in [5.74, 6) is -0.161. The molecule has 0 bridgehead atoms. The third-order valence-corrected chi connectivity index (χ3v) is 3.32. The van der Waals surface area contributed by atoms with E-state index in [0.717, 1.165) is 5.56 Å². The van der Waals surface area contributed by atoms with Gasteiger partial charge in [-0.1, -0.05) is 28.9 Å². The number of rotatable bonds is 5. The summed E-state index contributed by atoms with van der Waals surface area (Å²) in [7, 11) is 0. The Morgan fingerprint density at radius 1 is 1.41 bits per heavy atom. The van der Waals surface area contributed by atoms with Gasteiger partial charge in [-0.25, -0.2) is 0 Å². The molecule has 118 valence electrons. The highest BCUT2D eigenvalue weighted by Crippen LogP contribution is 2.23. The first-order valence-electron chi connectivity index (χ1n) is 7.04. The summed E-state index contributed by atoms with van der Waals surface area (Å²) in [6.07, 6.45) is 0. The van der Waals surface area contributed by atoms with Gasteiger partial charge in [0.1, 0.15) is 5.69 Å². The summed E-state index contributed by atoms with van der Waals surface area (Å²) in [6.45, 7) is 5.84. The fourth-order valence-corrected chi connectivity index (χ4v) is 2.30.